The van der Waals surface area contributed by atoms with Crippen LogP contribution in [0.15, 0.2) is 28.8 Å². The Morgan fingerprint density at radius 3 is 2.86 bits per heavy atom. The summed E-state index contributed by atoms with van der Waals surface area (Å²) in [4.78, 5) is 4.69. The molecule has 4 rings (SSSR count). The zero-order valence-electron chi connectivity index (χ0n) is 12.2. The first-order valence-electron chi connectivity index (χ1n) is 8.04. The molecular formula is C17H21N3O. The molecule has 2 heterocycles. The molecule has 1 aliphatic heterocycles. The second kappa shape index (κ2) is 5.60. The standard InChI is InChI=1S/C17H21N3O/c1-2-6-13-11-14(9-8-12(13)5-1)16-19-17(21-20-16)15-7-3-4-10-18-15/h1-2,5-6,14-15,18H,3-4,7-11H2/t14?,15-/m0/s1. The van der Waals surface area contributed by atoms with Crippen LogP contribution in [0, 0.1) is 0 Å². The predicted octanol–water partition coefficient (Wildman–Crippen LogP) is 3.16. The van der Waals surface area contributed by atoms with E-state index in [1.54, 1.807) is 0 Å². The Hall–Kier alpha value is -1.68. The van der Waals surface area contributed by atoms with Gasteiger partial charge in [0.05, 0.1) is 6.04 Å². The lowest BCUT2D eigenvalue weighted by atomic mass is 9.83. The van der Waals surface area contributed by atoms with Gasteiger partial charge in [0.2, 0.25) is 5.89 Å². The number of nitrogens with zero attached hydrogens (tertiary/aromatic N) is 2. The van der Waals surface area contributed by atoms with Gasteiger partial charge >= 0.3 is 0 Å². The molecule has 1 aliphatic carbocycles. The first kappa shape index (κ1) is 13.0. The third-order valence-corrected chi connectivity index (χ3v) is 4.78. The fourth-order valence-electron chi connectivity index (χ4n) is 3.54. The summed E-state index contributed by atoms with van der Waals surface area (Å²) in [5.74, 6) is 2.08. The summed E-state index contributed by atoms with van der Waals surface area (Å²) in [6, 6.07) is 8.97. The van der Waals surface area contributed by atoms with Crippen molar-refractivity contribution < 1.29 is 4.52 Å². The molecule has 1 fully saturated rings. The van der Waals surface area contributed by atoms with Crippen LogP contribution in [0.2, 0.25) is 0 Å². The number of fused-ring (bicyclic) bond motifs is 1. The Kier molecular flexibility index (Phi) is 3.47. The highest BCUT2D eigenvalue weighted by molar-refractivity contribution is 5.31. The molecule has 21 heavy (non-hydrogen) atoms. The molecule has 1 aromatic heterocycles. The predicted molar refractivity (Wildman–Crippen MR) is 80.1 cm³/mol. The summed E-state index contributed by atoms with van der Waals surface area (Å²) in [6.45, 7) is 1.05. The summed E-state index contributed by atoms with van der Waals surface area (Å²) in [6.07, 6.45) is 6.87. The summed E-state index contributed by atoms with van der Waals surface area (Å²) < 4.78 is 5.52. The van der Waals surface area contributed by atoms with E-state index in [4.69, 9.17) is 9.51 Å². The fourth-order valence-corrected chi connectivity index (χ4v) is 3.54. The SMILES string of the molecule is c1ccc2c(c1)CCC(c1noc([C@@H]3CCCCN3)n1)C2. The summed E-state index contributed by atoms with van der Waals surface area (Å²) >= 11 is 0. The molecule has 0 saturated carbocycles. The highest BCUT2D eigenvalue weighted by Gasteiger charge is 2.26. The zero-order valence-corrected chi connectivity index (χ0v) is 12.2. The number of benzene rings is 1. The van der Waals surface area contributed by atoms with Crippen molar-refractivity contribution in [2.75, 3.05) is 6.54 Å². The van der Waals surface area contributed by atoms with Crippen molar-refractivity contribution in [3.05, 3.63) is 47.1 Å². The minimum absolute atomic E-state index is 0.260. The summed E-state index contributed by atoms with van der Waals surface area (Å²) in [5.41, 5.74) is 2.92. The van der Waals surface area contributed by atoms with Crippen LogP contribution in [-0.2, 0) is 12.8 Å². The van der Waals surface area contributed by atoms with Gasteiger partial charge in [0.15, 0.2) is 5.82 Å². The quantitative estimate of drug-likeness (QED) is 0.920. The largest absolute Gasteiger partial charge is 0.338 e. The number of aromatic nitrogens is 2. The van der Waals surface area contributed by atoms with Gasteiger partial charge in [0.25, 0.3) is 0 Å². The van der Waals surface area contributed by atoms with E-state index in [9.17, 15) is 0 Å². The third kappa shape index (κ3) is 2.60. The van der Waals surface area contributed by atoms with Gasteiger partial charge in [-0.15, -0.1) is 0 Å². The van der Waals surface area contributed by atoms with Gasteiger partial charge in [-0.1, -0.05) is 35.8 Å². The van der Waals surface area contributed by atoms with E-state index >= 15 is 0 Å². The molecule has 0 bridgehead atoms. The van der Waals surface area contributed by atoms with Crippen LogP contribution in [0.25, 0.3) is 0 Å². The Morgan fingerprint density at radius 2 is 2.00 bits per heavy atom. The Morgan fingerprint density at radius 1 is 1.10 bits per heavy atom. The van der Waals surface area contributed by atoms with E-state index in [-0.39, 0.29) is 6.04 Å². The molecule has 2 aliphatic rings. The highest BCUT2D eigenvalue weighted by atomic mass is 16.5. The molecular weight excluding hydrogens is 262 g/mol. The smallest absolute Gasteiger partial charge is 0.243 e. The van der Waals surface area contributed by atoms with Gasteiger partial charge in [-0.3, -0.25) is 0 Å². The van der Waals surface area contributed by atoms with Crippen molar-refractivity contribution in [3.8, 4) is 0 Å². The number of nitrogens with one attached hydrogen (secondary N) is 1. The third-order valence-electron chi connectivity index (χ3n) is 4.78. The van der Waals surface area contributed by atoms with E-state index in [2.05, 4.69) is 34.7 Å². The minimum atomic E-state index is 0.260. The summed E-state index contributed by atoms with van der Waals surface area (Å²) in [7, 11) is 0. The number of hydrogen-bond acceptors (Lipinski definition) is 4. The van der Waals surface area contributed by atoms with Crippen molar-refractivity contribution in [2.24, 2.45) is 0 Å². The Balaban J connectivity index is 1.51. The van der Waals surface area contributed by atoms with E-state index < -0.39 is 0 Å². The molecule has 1 saturated heterocycles. The number of aryl methyl sites for hydroxylation is 1. The van der Waals surface area contributed by atoms with Crippen molar-refractivity contribution >= 4 is 0 Å². The Bertz CT molecular complexity index is 616. The molecule has 2 atom stereocenters. The van der Waals surface area contributed by atoms with Crippen molar-refractivity contribution in [2.45, 2.75) is 50.5 Å². The maximum absolute atomic E-state index is 5.52. The van der Waals surface area contributed by atoms with Crippen molar-refractivity contribution in [3.63, 3.8) is 0 Å². The maximum atomic E-state index is 5.52. The molecule has 2 aromatic rings. The second-order valence-electron chi connectivity index (χ2n) is 6.20. The molecule has 1 N–H and O–H groups in total. The van der Waals surface area contributed by atoms with Gasteiger partial charge in [-0.25, -0.2) is 0 Å². The average Bonchev–Trinajstić information content (AvgIpc) is 3.05. The first-order chi connectivity index (χ1) is 10.4. The van der Waals surface area contributed by atoms with E-state index in [0.29, 0.717) is 5.92 Å². The summed E-state index contributed by atoms with van der Waals surface area (Å²) in [5, 5.41) is 7.73. The number of hydrogen-bond donors (Lipinski definition) is 1. The van der Waals surface area contributed by atoms with Gasteiger partial charge in [-0.2, -0.15) is 4.98 Å². The fraction of sp³-hybridized carbons (Fsp3) is 0.529. The second-order valence-corrected chi connectivity index (χ2v) is 6.20. The van der Waals surface area contributed by atoms with Crippen molar-refractivity contribution in [1.29, 1.82) is 0 Å². The maximum Gasteiger partial charge on any atom is 0.243 e. The molecule has 110 valence electrons. The lowest BCUT2D eigenvalue weighted by Gasteiger charge is -2.22. The van der Waals surface area contributed by atoms with Crippen LogP contribution >= 0.6 is 0 Å². The van der Waals surface area contributed by atoms with Crippen LogP contribution < -0.4 is 5.32 Å². The van der Waals surface area contributed by atoms with Crippen LogP contribution in [0.1, 0.15) is 60.5 Å². The first-order valence-corrected chi connectivity index (χ1v) is 8.04. The van der Waals surface area contributed by atoms with Crippen molar-refractivity contribution in [1.82, 2.24) is 15.5 Å². The van der Waals surface area contributed by atoms with E-state index in [0.717, 1.165) is 43.9 Å². The van der Waals surface area contributed by atoms with Crippen LogP contribution in [-0.4, -0.2) is 16.7 Å². The molecule has 1 unspecified atom stereocenters. The number of rotatable bonds is 2. The zero-order chi connectivity index (χ0) is 14.1. The van der Waals surface area contributed by atoms with E-state index in [1.165, 1.54) is 24.0 Å². The molecule has 0 radical (unpaired) electrons. The highest BCUT2D eigenvalue weighted by Crippen LogP contribution is 2.32. The van der Waals surface area contributed by atoms with Gasteiger partial charge < -0.3 is 9.84 Å². The lowest BCUT2D eigenvalue weighted by molar-refractivity contribution is 0.294. The Labute approximate surface area is 124 Å². The molecule has 4 nitrogen and oxygen atoms in total. The monoisotopic (exact) mass is 283 g/mol. The van der Waals surface area contributed by atoms with Gasteiger partial charge in [-0.05, 0) is 49.8 Å². The molecule has 4 heteroatoms. The van der Waals surface area contributed by atoms with Crippen LogP contribution in [0.4, 0.5) is 0 Å². The minimum Gasteiger partial charge on any atom is -0.338 e. The average molecular weight is 283 g/mol. The normalized spacial score (nSPS) is 25.5. The van der Waals surface area contributed by atoms with Gasteiger partial charge in [0, 0.05) is 5.92 Å². The molecule has 0 spiro atoms. The topological polar surface area (TPSA) is 51.0 Å². The molecule has 1 aromatic carbocycles. The molecule has 0 amide bonds. The lowest BCUT2D eigenvalue weighted by Crippen LogP contribution is -2.27. The van der Waals surface area contributed by atoms with E-state index in [1.807, 2.05) is 0 Å². The van der Waals surface area contributed by atoms with Gasteiger partial charge in [0.1, 0.15) is 0 Å². The van der Waals surface area contributed by atoms with Crippen LogP contribution in [0.3, 0.4) is 0 Å². The number of piperidine rings is 1. The van der Waals surface area contributed by atoms with Crippen LogP contribution in [0.5, 0.6) is 0 Å².